The molecular formula is C30H33N3OS. The number of carbonyl (C=O) groups excluding carboxylic acids is 1. The van der Waals surface area contributed by atoms with Crippen LogP contribution in [0.2, 0.25) is 0 Å². The van der Waals surface area contributed by atoms with Gasteiger partial charge in [-0.1, -0.05) is 62.9 Å². The summed E-state index contributed by atoms with van der Waals surface area (Å²) < 4.78 is 1.19. The normalized spacial score (nSPS) is 14.3. The molecular weight excluding hydrogens is 450 g/mol. The highest BCUT2D eigenvalue weighted by molar-refractivity contribution is 7.21. The maximum Gasteiger partial charge on any atom is 0.264 e. The van der Waals surface area contributed by atoms with Gasteiger partial charge in [0, 0.05) is 35.2 Å². The monoisotopic (exact) mass is 483 g/mol. The van der Waals surface area contributed by atoms with Crippen LogP contribution in [0.4, 0.5) is 0 Å². The summed E-state index contributed by atoms with van der Waals surface area (Å²) in [6.45, 7) is 4.95. The first-order valence-electron chi connectivity index (χ1n) is 12.8. The van der Waals surface area contributed by atoms with Crippen LogP contribution in [0.25, 0.3) is 21.3 Å². The molecule has 4 aromatic rings. The molecule has 0 saturated heterocycles. The van der Waals surface area contributed by atoms with E-state index < -0.39 is 0 Å². The van der Waals surface area contributed by atoms with Gasteiger partial charge >= 0.3 is 0 Å². The highest BCUT2D eigenvalue weighted by Gasteiger charge is 2.29. The van der Waals surface area contributed by atoms with E-state index in [4.69, 9.17) is 0 Å². The Morgan fingerprint density at radius 1 is 1.06 bits per heavy atom. The van der Waals surface area contributed by atoms with Gasteiger partial charge in [0.1, 0.15) is 0 Å². The molecule has 0 atom stereocenters. The quantitative estimate of drug-likeness (QED) is 0.272. The number of benzene rings is 2. The smallest absolute Gasteiger partial charge is 0.264 e. The van der Waals surface area contributed by atoms with E-state index in [9.17, 15) is 4.79 Å². The van der Waals surface area contributed by atoms with Crippen LogP contribution < -0.4 is 0 Å². The van der Waals surface area contributed by atoms with Crippen LogP contribution in [0, 0.1) is 6.92 Å². The summed E-state index contributed by atoms with van der Waals surface area (Å²) in [5.41, 5.74) is 5.59. The van der Waals surface area contributed by atoms with Gasteiger partial charge in [0.05, 0.1) is 16.8 Å². The Hall–Kier alpha value is -3.05. The van der Waals surface area contributed by atoms with Crippen molar-refractivity contribution < 1.29 is 4.79 Å². The number of fused-ring (bicyclic) bond motifs is 1. The minimum Gasteiger partial charge on any atom is -0.331 e. The van der Waals surface area contributed by atoms with Crippen molar-refractivity contribution in [2.45, 2.75) is 71.4 Å². The van der Waals surface area contributed by atoms with Crippen molar-refractivity contribution in [3.63, 3.8) is 0 Å². The third-order valence-corrected chi connectivity index (χ3v) is 8.50. The van der Waals surface area contributed by atoms with Crippen molar-refractivity contribution in [3.05, 3.63) is 82.6 Å². The Morgan fingerprint density at radius 2 is 1.89 bits per heavy atom. The molecule has 2 aromatic heterocycles. The number of carbonyl (C=O) groups is 1. The Labute approximate surface area is 212 Å². The Balaban J connectivity index is 1.54. The molecule has 5 heteroatoms. The summed E-state index contributed by atoms with van der Waals surface area (Å²) in [6.07, 6.45) is 13.2. The molecule has 2 aromatic carbocycles. The lowest BCUT2D eigenvalue weighted by Gasteiger charge is -2.35. The molecule has 1 saturated carbocycles. The molecule has 5 rings (SSSR count). The van der Waals surface area contributed by atoms with Crippen molar-refractivity contribution in [2.24, 2.45) is 0 Å². The van der Waals surface area contributed by atoms with E-state index in [1.54, 1.807) is 23.7 Å². The molecule has 0 radical (unpaired) electrons. The van der Waals surface area contributed by atoms with Gasteiger partial charge in [-0.3, -0.25) is 14.8 Å². The number of amides is 1. The number of aromatic nitrogens is 2. The van der Waals surface area contributed by atoms with Gasteiger partial charge in [-0.25, -0.2) is 0 Å². The molecule has 2 heterocycles. The standard InChI is InChI=1S/C30H33N3OS/c1-3-9-22-14-15-23(27-19-31-16-17-32-27)18-24(22)20-33(25-10-5-4-6-11-25)30(34)29-21(2)26-12-7-8-13-28(26)35-29/h7-8,12-19,25H,3-6,9-11,20H2,1-2H3. The Bertz CT molecular complexity index is 1310. The summed E-state index contributed by atoms with van der Waals surface area (Å²) >= 11 is 1.64. The lowest BCUT2D eigenvalue weighted by Crippen LogP contribution is -2.41. The molecule has 1 fully saturated rings. The SMILES string of the molecule is CCCc1ccc(-c2cnccn2)cc1CN(C(=O)c1sc2ccccc2c1C)C1CCCCC1. The molecule has 1 aliphatic rings. The summed E-state index contributed by atoms with van der Waals surface area (Å²) in [5, 5.41) is 1.20. The van der Waals surface area contributed by atoms with Crippen LogP contribution in [-0.4, -0.2) is 26.8 Å². The minimum absolute atomic E-state index is 0.183. The Morgan fingerprint density at radius 3 is 2.63 bits per heavy atom. The molecule has 0 N–H and O–H groups in total. The second-order valence-corrected chi connectivity index (χ2v) is 10.7. The van der Waals surface area contributed by atoms with Gasteiger partial charge in [-0.05, 0) is 60.4 Å². The highest BCUT2D eigenvalue weighted by atomic mass is 32.1. The van der Waals surface area contributed by atoms with Gasteiger partial charge in [0.2, 0.25) is 0 Å². The summed E-state index contributed by atoms with van der Waals surface area (Å²) in [5.74, 6) is 0.183. The average Bonchev–Trinajstić information content (AvgIpc) is 3.25. The fraction of sp³-hybridized carbons (Fsp3) is 0.367. The number of hydrogen-bond donors (Lipinski definition) is 0. The van der Waals surface area contributed by atoms with Crippen molar-refractivity contribution >= 4 is 27.3 Å². The lowest BCUT2D eigenvalue weighted by molar-refractivity contribution is 0.0618. The van der Waals surface area contributed by atoms with E-state index in [2.05, 4.69) is 71.2 Å². The number of rotatable bonds is 7. The molecule has 0 aliphatic heterocycles. The van der Waals surface area contributed by atoms with Crippen LogP contribution in [0.3, 0.4) is 0 Å². The summed E-state index contributed by atoms with van der Waals surface area (Å²) in [4.78, 5) is 26.0. The van der Waals surface area contributed by atoms with Crippen molar-refractivity contribution in [2.75, 3.05) is 0 Å². The first kappa shape index (κ1) is 23.7. The minimum atomic E-state index is 0.183. The van der Waals surface area contributed by atoms with Gasteiger partial charge < -0.3 is 4.90 Å². The fourth-order valence-electron chi connectivity index (χ4n) is 5.35. The van der Waals surface area contributed by atoms with Gasteiger partial charge in [-0.2, -0.15) is 0 Å². The average molecular weight is 484 g/mol. The third kappa shape index (κ3) is 5.01. The van der Waals surface area contributed by atoms with E-state index >= 15 is 0 Å². The van der Waals surface area contributed by atoms with E-state index in [1.165, 1.54) is 40.5 Å². The maximum absolute atomic E-state index is 14.2. The zero-order chi connectivity index (χ0) is 24.2. The van der Waals surface area contributed by atoms with Gasteiger partial charge in [-0.15, -0.1) is 11.3 Å². The zero-order valence-corrected chi connectivity index (χ0v) is 21.5. The highest BCUT2D eigenvalue weighted by Crippen LogP contribution is 2.34. The largest absolute Gasteiger partial charge is 0.331 e. The van der Waals surface area contributed by atoms with Crippen molar-refractivity contribution in [1.82, 2.24) is 14.9 Å². The summed E-state index contributed by atoms with van der Waals surface area (Å²) in [7, 11) is 0. The lowest BCUT2D eigenvalue weighted by atomic mass is 9.92. The second-order valence-electron chi connectivity index (χ2n) is 9.60. The van der Waals surface area contributed by atoms with E-state index in [-0.39, 0.29) is 11.9 Å². The number of hydrogen-bond acceptors (Lipinski definition) is 4. The topological polar surface area (TPSA) is 46.1 Å². The van der Waals surface area contributed by atoms with Gasteiger partial charge in [0.25, 0.3) is 5.91 Å². The third-order valence-electron chi connectivity index (χ3n) is 7.24. The van der Waals surface area contributed by atoms with Crippen LogP contribution in [0.5, 0.6) is 0 Å². The van der Waals surface area contributed by atoms with Crippen LogP contribution >= 0.6 is 11.3 Å². The molecule has 180 valence electrons. The number of nitrogens with zero attached hydrogens (tertiary/aromatic N) is 3. The molecule has 1 amide bonds. The molecule has 0 bridgehead atoms. The van der Waals surface area contributed by atoms with Crippen molar-refractivity contribution in [3.8, 4) is 11.3 Å². The van der Waals surface area contributed by atoms with Crippen LogP contribution in [-0.2, 0) is 13.0 Å². The number of thiophene rings is 1. The van der Waals surface area contributed by atoms with E-state index in [1.807, 2.05) is 6.20 Å². The van der Waals surface area contributed by atoms with Crippen LogP contribution in [0.1, 0.15) is 71.8 Å². The number of aryl methyl sites for hydroxylation is 2. The first-order chi connectivity index (χ1) is 17.2. The Kier molecular flexibility index (Phi) is 7.24. The predicted octanol–water partition coefficient (Wildman–Crippen LogP) is 7.59. The zero-order valence-electron chi connectivity index (χ0n) is 20.7. The molecule has 35 heavy (non-hydrogen) atoms. The van der Waals surface area contributed by atoms with Crippen molar-refractivity contribution in [1.29, 1.82) is 0 Å². The van der Waals surface area contributed by atoms with Crippen LogP contribution in [0.15, 0.2) is 61.1 Å². The second kappa shape index (κ2) is 10.7. The van der Waals surface area contributed by atoms with E-state index in [0.717, 1.165) is 47.4 Å². The molecule has 0 unspecified atom stereocenters. The molecule has 1 aliphatic carbocycles. The fourth-order valence-corrected chi connectivity index (χ4v) is 6.51. The molecule has 0 spiro atoms. The molecule has 4 nitrogen and oxygen atoms in total. The maximum atomic E-state index is 14.2. The summed E-state index contributed by atoms with van der Waals surface area (Å²) in [6, 6.07) is 15.2. The van der Waals surface area contributed by atoms with Gasteiger partial charge in [0.15, 0.2) is 0 Å². The predicted molar refractivity (Wildman–Crippen MR) is 145 cm³/mol. The van der Waals surface area contributed by atoms with E-state index in [0.29, 0.717) is 6.54 Å². The first-order valence-corrected chi connectivity index (χ1v) is 13.6.